The first-order valence-electron chi connectivity index (χ1n) is 9.30. The lowest BCUT2D eigenvalue weighted by Crippen LogP contribution is -1.89. The van der Waals surface area contributed by atoms with Gasteiger partial charge in [0.1, 0.15) is 10.1 Å². The Balaban J connectivity index is 0.000000171. The maximum atomic E-state index is 9.14. The van der Waals surface area contributed by atoms with E-state index in [9.17, 15) is 0 Å². The molecule has 1 N–H and O–H groups in total. The minimum Gasteiger partial charge on any atom is -0.392 e. The van der Waals surface area contributed by atoms with Gasteiger partial charge in [0.2, 0.25) is 0 Å². The molecule has 4 rings (SSSR count). The number of halogens is 1. The Morgan fingerprint density at radius 2 is 1.10 bits per heavy atom. The summed E-state index contributed by atoms with van der Waals surface area (Å²) in [7, 11) is 0. The zero-order chi connectivity index (χ0) is 21.0. The van der Waals surface area contributed by atoms with Crippen LogP contribution >= 0.6 is 35.1 Å². The number of hydrogen-bond donors (Lipinski definition) is 1. The Bertz CT molecular complexity index is 948. The van der Waals surface area contributed by atoms with Gasteiger partial charge < -0.3 is 5.11 Å². The van der Waals surface area contributed by atoms with Crippen LogP contribution in [0.2, 0.25) is 0 Å². The third kappa shape index (κ3) is 6.89. The molecule has 2 aromatic heterocycles. The molecular weight excluding hydrogens is 432 g/mol. The molecule has 0 radical (unpaired) electrons. The molecule has 2 heterocycles. The lowest BCUT2D eigenvalue weighted by atomic mass is 10.3. The molecule has 0 aliphatic heterocycles. The molecule has 0 aliphatic rings. The molecule has 152 valence electrons. The van der Waals surface area contributed by atoms with Crippen molar-refractivity contribution in [2.45, 2.75) is 32.3 Å². The normalized spacial score (nSPS) is 10.2. The van der Waals surface area contributed by atoms with Crippen molar-refractivity contribution in [3.63, 3.8) is 0 Å². The largest absolute Gasteiger partial charge is 0.392 e. The van der Waals surface area contributed by atoms with Gasteiger partial charge in [-0.1, -0.05) is 72.1 Å². The van der Waals surface area contributed by atoms with Gasteiger partial charge in [-0.25, -0.2) is 9.97 Å². The van der Waals surface area contributed by atoms with Crippen LogP contribution in [0.25, 0.3) is 0 Å². The first-order chi connectivity index (χ1) is 14.8. The number of hydrogen-bond acceptors (Lipinski definition) is 5. The number of aromatic nitrogens is 2. The Morgan fingerprint density at radius 1 is 0.633 bits per heavy atom. The smallest absolute Gasteiger partial charge is 0.106 e. The zero-order valence-electron chi connectivity index (χ0n) is 16.2. The number of aliphatic hydroxyl groups is 1. The van der Waals surface area contributed by atoms with Crippen molar-refractivity contribution in [2.75, 3.05) is 0 Å². The molecule has 0 unspecified atom stereocenters. The Kier molecular flexibility index (Phi) is 9.25. The number of pyridine rings is 2. The highest BCUT2D eigenvalue weighted by molar-refractivity contribution is 7.99. The van der Waals surface area contributed by atoms with Gasteiger partial charge >= 0.3 is 0 Å². The minimum absolute atomic E-state index is 0.0308. The van der Waals surface area contributed by atoms with Gasteiger partial charge in [0, 0.05) is 27.7 Å². The minimum atomic E-state index is 0.0308. The first-order valence-corrected chi connectivity index (χ1v) is 11.5. The topological polar surface area (TPSA) is 46.0 Å². The van der Waals surface area contributed by atoms with E-state index in [1.54, 1.807) is 35.9 Å². The fourth-order valence-corrected chi connectivity index (χ4v) is 4.54. The average molecular weight is 453 g/mol. The fraction of sp³-hybridized carbons (Fsp3) is 0.0833. The number of alkyl halides is 1. The van der Waals surface area contributed by atoms with Crippen molar-refractivity contribution in [2.24, 2.45) is 0 Å². The maximum absolute atomic E-state index is 9.14. The van der Waals surface area contributed by atoms with E-state index in [-0.39, 0.29) is 6.61 Å². The maximum Gasteiger partial charge on any atom is 0.106 e. The summed E-state index contributed by atoms with van der Waals surface area (Å²) >= 11 is 9.06. The lowest BCUT2D eigenvalue weighted by Gasteiger charge is -2.04. The second kappa shape index (κ2) is 12.4. The Labute approximate surface area is 190 Å². The molecule has 0 amide bonds. The van der Waals surface area contributed by atoms with Gasteiger partial charge in [0.05, 0.1) is 12.5 Å². The van der Waals surface area contributed by atoms with Crippen molar-refractivity contribution < 1.29 is 5.11 Å². The van der Waals surface area contributed by atoms with Crippen LogP contribution in [0, 0.1) is 0 Å². The number of rotatable bonds is 6. The van der Waals surface area contributed by atoms with E-state index < -0.39 is 0 Å². The molecule has 0 spiro atoms. The van der Waals surface area contributed by atoms with Crippen LogP contribution in [0.4, 0.5) is 0 Å². The lowest BCUT2D eigenvalue weighted by molar-refractivity contribution is 0.278. The fourth-order valence-electron chi connectivity index (χ4n) is 2.45. The van der Waals surface area contributed by atoms with Crippen molar-refractivity contribution in [1.82, 2.24) is 9.97 Å². The predicted octanol–water partition coefficient (Wildman–Crippen LogP) is 6.70. The first kappa shape index (κ1) is 22.4. The molecule has 6 heteroatoms. The SMILES string of the molecule is ClCc1cccnc1Sc1ccccc1.OCc1cccnc1Sc1ccccc1. The monoisotopic (exact) mass is 452 g/mol. The van der Waals surface area contributed by atoms with E-state index in [4.69, 9.17) is 16.7 Å². The highest BCUT2D eigenvalue weighted by atomic mass is 35.5. The molecule has 0 saturated carbocycles. The molecule has 3 nitrogen and oxygen atoms in total. The third-order valence-corrected chi connectivity index (χ3v) is 6.36. The van der Waals surface area contributed by atoms with Gasteiger partial charge in [-0.3, -0.25) is 0 Å². The van der Waals surface area contributed by atoms with Crippen molar-refractivity contribution >= 4 is 35.1 Å². The summed E-state index contributed by atoms with van der Waals surface area (Å²) in [5.74, 6) is 0.503. The summed E-state index contributed by atoms with van der Waals surface area (Å²) in [4.78, 5) is 10.9. The Morgan fingerprint density at radius 3 is 1.57 bits per heavy atom. The van der Waals surface area contributed by atoms with Crippen molar-refractivity contribution in [1.29, 1.82) is 0 Å². The molecular formula is C24H21ClN2OS2. The Hall–Kier alpha value is -2.31. The molecule has 0 saturated heterocycles. The highest BCUT2D eigenvalue weighted by Gasteiger charge is 2.04. The van der Waals surface area contributed by atoms with E-state index in [1.165, 1.54) is 4.90 Å². The third-order valence-electron chi connectivity index (χ3n) is 3.93. The van der Waals surface area contributed by atoms with Crippen LogP contribution in [-0.4, -0.2) is 15.1 Å². The van der Waals surface area contributed by atoms with E-state index in [1.807, 2.05) is 72.8 Å². The quantitative estimate of drug-likeness (QED) is 0.330. The summed E-state index contributed by atoms with van der Waals surface area (Å²) in [6.07, 6.45) is 3.53. The standard InChI is InChI=1S/C12H10ClNS.C12H11NOS/c13-9-10-5-4-8-14-12(10)15-11-6-2-1-3-7-11;14-9-10-5-4-8-13-12(10)15-11-6-2-1-3-7-11/h1-8H,9H2;1-8,14H,9H2. The number of nitrogens with zero attached hydrogens (tertiary/aromatic N) is 2. The number of aliphatic hydroxyl groups excluding tert-OH is 1. The van der Waals surface area contributed by atoms with Crippen LogP contribution in [0.3, 0.4) is 0 Å². The van der Waals surface area contributed by atoms with E-state index in [0.29, 0.717) is 5.88 Å². The summed E-state index contributed by atoms with van der Waals surface area (Å²) in [6, 6.07) is 27.8. The summed E-state index contributed by atoms with van der Waals surface area (Å²) in [6.45, 7) is 0.0308. The predicted molar refractivity (Wildman–Crippen MR) is 125 cm³/mol. The number of benzene rings is 2. The molecule has 4 aromatic rings. The van der Waals surface area contributed by atoms with Crippen molar-refractivity contribution in [3.8, 4) is 0 Å². The molecule has 2 aromatic carbocycles. The van der Waals surface area contributed by atoms with Gasteiger partial charge in [-0.2, -0.15) is 0 Å². The van der Waals surface area contributed by atoms with Gasteiger partial charge in [0.25, 0.3) is 0 Å². The van der Waals surface area contributed by atoms with E-state index >= 15 is 0 Å². The molecule has 0 atom stereocenters. The van der Waals surface area contributed by atoms with Crippen LogP contribution in [-0.2, 0) is 12.5 Å². The van der Waals surface area contributed by atoms with Gasteiger partial charge in [-0.15, -0.1) is 11.6 Å². The van der Waals surface area contributed by atoms with Crippen LogP contribution in [0.1, 0.15) is 11.1 Å². The highest BCUT2D eigenvalue weighted by Crippen LogP contribution is 2.29. The van der Waals surface area contributed by atoms with E-state index in [2.05, 4.69) is 22.1 Å². The molecule has 0 aliphatic carbocycles. The van der Waals surface area contributed by atoms with Crippen LogP contribution < -0.4 is 0 Å². The van der Waals surface area contributed by atoms with Crippen LogP contribution in [0.5, 0.6) is 0 Å². The second-order valence-corrected chi connectivity index (χ2v) is 8.45. The van der Waals surface area contributed by atoms with E-state index in [0.717, 1.165) is 26.1 Å². The zero-order valence-corrected chi connectivity index (χ0v) is 18.6. The molecule has 30 heavy (non-hydrogen) atoms. The van der Waals surface area contributed by atoms with Crippen molar-refractivity contribution in [3.05, 3.63) is 108 Å². The summed E-state index contributed by atoms with van der Waals surface area (Å²) < 4.78 is 0. The molecule has 0 fully saturated rings. The average Bonchev–Trinajstić information content (AvgIpc) is 2.82. The summed E-state index contributed by atoms with van der Waals surface area (Å²) in [5, 5.41) is 11.0. The summed E-state index contributed by atoms with van der Waals surface area (Å²) in [5.41, 5.74) is 1.94. The second-order valence-electron chi connectivity index (χ2n) is 6.06. The van der Waals surface area contributed by atoms with Gasteiger partial charge in [0.15, 0.2) is 0 Å². The molecule has 0 bridgehead atoms. The van der Waals surface area contributed by atoms with Crippen LogP contribution in [0.15, 0.2) is 117 Å². The van der Waals surface area contributed by atoms with Gasteiger partial charge in [-0.05, 0) is 42.0 Å².